The first-order chi connectivity index (χ1) is 8.99. The third kappa shape index (κ3) is 3.93. The first-order valence-electron chi connectivity index (χ1n) is 6.44. The van der Waals surface area contributed by atoms with E-state index in [0.717, 1.165) is 22.2 Å². The molecule has 0 amide bonds. The summed E-state index contributed by atoms with van der Waals surface area (Å²) in [5.41, 5.74) is 5.05. The lowest BCUT2D eigenvalue weighted by Gasteiger charge is -2.22. The second kappa shape index (κ2) is 5.90. The van der Waals surface area contributed by atoms with Crippen molar-refractivity contribution in [1.82, 2.24) is 10.4 Å². The van der Waals surface area contributed by atoms with E-state index in [9.17, 15) is 0 Å². The van der Waals surface area contributed by atoms with Gasteiger partial charge in [0.05, 0.1) is 11.6 Å². The van der Waals surface area contributed by atoms with Crippen molar-refractivity contribution in [3.8, 4) is 0 Å². The number of aromatic nitrogens is 1. The van der Waals surface area contributed by atoms with E-state index >= 15 is 0 Å². The maximum absolute atomic E-state index is 5.69. The Labute approximate surface area is 119 Å². The van der Waals surface area contributed by atoms with Crippen LogP contribution in [0.3, 0.4) is 0 Å². The van der Waals surface area contributed by atoms with Crippen molar-refractivity contribution >= 4 is 22.7 Å². The van der Waals surface area contributed by atoms with Gasteiger partial charge in [-0.25, -0.2) is 0 Å². The van der Waals surface area contributed by atoms with Crippen LogP contribution in [0.5, 0.6) is 0 Å². The summed E-state index contributed by atoms with van der Waals surface area (Å²) in [5, 5.41) is 1.15. The van der Waals surface area contributed by atoms with E-state index in [0.29, 0.717) is 0 Å². The fraction of sp³-hybridized carbons (Fsp3) is 0.400. The van der Waals surface area contributed by atoms with Crippen molar-refractivity contribution in [3.05, 3.63) is 42.1 Å². The number of nitrogens with two attached hydrogens (primary N) is 1. The largest absolute Gasteiger partial charge is 0.271 e. The molecule has 0 aliphatic heterocycles. The number of para-hydroxylation sites is 1. The molecular weight excluding hydrogens is 254 g/mol. The van der Waals surface area contributed by atoms with Crippen LogP contribution in [0.15, 0.2) is 36.5 Å². The molecule has 19 heavy (non-hydrogen) atoms. The smallest absolute Gasteiger partial charge is 0.0702 e. The molecule has 0 bridgehead atoms. The Morgan fingerprint density at radius 1 is 1.32 bits per heavy atom. The second-order valence-corrected chi connectivity index (χ2v) is 7.45. The van der Waals surface area contributed by atoms with Crippen LogP contribution in [0.1, 0.15) is 32.4 Å². The number of rotatable bonds is 4. The zero-order chi connectivity index (χ0) is 13.9. The molecule has 0 aliphatic carbocycles. The number of benzene rings is 1. The van der Waals surface area contributed by atoms with Crippen LogP contribution in [0.4, 0.5) is 0 Å². The number of thioether (sulfide) groups is 1. The van der Waals surface area contributed by atoms with Crippen molar-refractivity contribution in [2.24, 2.45) is 5.84 Å². The Morgan fingerprint density at radius 2 is 2.05 bits per heavy atom. The Bertz CT molecular complexity index is 548. The Morgan fingerprint density at radius 3 is 2.74 bits per heavy atom. The lowest BCUT2D eigenvalue weighted by atomic mass is 10.1. The molecule has 1 atom stereocenters. The van der Waals surface area contributed by atoms with Crippen LogP contribution in [-0.4, -0.2) is 15.5 Å². The minimum atomic E-state index is 0.126. The molecule has 0 saturated heterocycles. The number of nitrogens with zero attached hydrogens (tertiary/aromatic N) is 1. The molecule has 2 rings (SSSR count). The maximum Gasteiger partial charge on any atom is 0.0702 e. The zero-order valence-corrected chi connectivity index (χ0v) is 12.5. The number of fused-ring (bicyclic) bond motifs is 1. The summed E-state index contributed by atoms with van der Waals surface area (Å²) < 4.78 is 0.235. The van der Waals surface area contributed by atoms with Gasteiger partial charge in [0.15, 0.2) is 0 Å². The molecule has 102 valence electrons. The van der Waals surface area contributed by atoms with Crippen LogP contribution in [0.25, 0.3) is 10.9 Å². The maximum atomic E-state index is 5.69. The number of hydrogen-bond donors (Lipinski definition) is 2. The molecule has 0 radical (unpaired) electrons. The predicted molar refractivity (Wildman–Crippen MR) is 84.0 cm³/mol. The van der Waals surface area contributed by atoms with Crippen LogP contribution < -0.4 is 11.3 Å². The number of nitrogens with one attached hydrogen (secondary N) is 1. The third-order valence-corrected chi connectivity index (χ3v) is 4.26. The van der Waals surface area contributed by atoms with E-state index in [-0.39, 0.29) is 10.8 Å². The lowest BCUT2D eigenvalue weighted by molar-refractivity contribution is 0.606. The summed E-state index contributed by atoms with van der Waals surface area (Å²) in [5.74, 6) is 6.62. The van der Waals surface area contributed by atoms with Gasteiger partial charge in [0, 0.05) is 22.1 Å². The van der Waals surface area contributed by atoms with E-state index in [4.69, 9.17) is 5.84 Å². The van der Waals surface area contributed by atoms with Crippen molar-refractivity contribution in [1.29, 1.82) is 0 Å². The molecule has 3 N–H and O–H groups in total. The molecular formula is C15H21N3S. The number of hydrazine groups is 1. The summed E-state index contributed by atoms with van der Waals surface area (Å²) in [6.07, 6.45) is 1.91. The minimum Gasteiger partial charge on any atom is -0.271 e. The highest BCUT2D eigenvalue weighted by atomic mass is 32.2. The van der Waals surface area contributed by atoms with Gasteiger partial charge >= 0.3 is 0 Å². The van der Waals surface area contributed by atoms with Gasteiger partial charge in [0.25, 0.3) is 0 Å². The second-order valence-electron chi connectivity index (χ2n) is 5.60. The van der Waals surface area contributed by atoms with Gasteiger partial charge in [-0.05, 0) is 17.7 Å². The van der Waals surface area contributed by atoms with Gasteiger partial charge < -0.3 is 0 Å². The highest BCUT2D eigenvalue weighted by Gasteiger charge is 2.16. The average molecular weight is 275 g/mol. The summed E-state index contributed by atoms with van der Waals surface area (Å²) in [6.45, 7) is 6.64. The Hall–Kier alpha value is -1.10. The van der Waals surface area contributed by atoms with Crippen molar-refractivity contribution in [2.75, 3.05) is 5.75 Å². The van der Waals surface area contributed by atoms with E-state index in [2.05, 4.69) is 43.3 Å². The summed E-state index contributed by atoms with van der Waals surface area (Å²) >= 11 is 1.90. The predicted octanol–water partition coefficient (Wildman–Crippen LogP) is 3.27. The fourth-order valence-electron chi connectivity index (χ4n) is 1.85. The number of pyridine rings is 1. The van der Waals surface area contributed by atoms with E-state index in [1.807, 2.05) is 36.2 Å². The molecule has 0 aliphatic rings. The lowest BCUT2D eigenvalue weighted by Crippen LogP contribution is -2.31. The fourth-order valence-corrected chi connectivity index (χ4v) is 2.81. The van der Waals surface area contributed by atoms with Crippen molar-refractivity contribution in [2.45, 2.75) is 31.6 Å². The SMILES string of the molecule is CC(C)(C)SCC(NN)c1cnc2ccccc2c1. The molecule has 3 nitrogen and oxygen atoms in total. The summed E-state index contributed by atoms with van der Waals surface area (Å²) in [4.78, 5) is 4.49. The van der Waals surface area contributed by atoms with E-state index < -0.39 is 0 Å². The van der Waals surface area contributed by atoms with Gasteiger partial charge in [-0.3, -0.25) is 16.3 Å². The topological polar surface area (TPSA) is 50.9 Å². The zero-order valence-electron chi connectivity index (χ0n) is 11.7. The number of hydrogen-bond acceptors (Lipinski definition) is 4. The highest BCUT2D eigenvalue weighted by Crippen LogP contribution is 2.28. The van der Waals surface area contributed by atoms with Crippen LogP contribution in [-0.2, 0) is 0 Å². The van der Waals surface area contributed by atoms with Gasteiger partial charge in [-0.1, -0.05) is 39.0 Å². The van der Waals surface area contributed by atoms with Crippen molar-refractivity contribution < 1.29 is 0 Å². The molecule has 1 heterocycles. The molecule has 1 aromatic carbocycles. The standard InChI is InChI=1S/C15H21N3S/c1-15(2,3)19-10-14(18-16)12-8-11-6-4-5-7-13(11)17-9-12/h4-9,14,18H,10,16H2,1-3H3. The average Bonchev–Trinajstić information content (AvgIpc) is 2.38. The monoisotopic (exact) mass is 275 g/mol. The molecule has 0 spiro atoms. The Balaban J connectivity index is 2.20. The molecule has 1 unspecified atom stereocenters. The van der Waals surface area contributed by atoms with Crippen LogP contribution in [0.2, 0.25) is 0 Å². The van der Waals surface area contributed by atoms with Crippen LogP contribution in [0, 0.1) is 0 Å². The highest BCUT2D eigenvalue weighted by molar-refractivity contribution is 8.00. The molecule has 1 aromatic heterocycles. The normalized spacial score (nSPS) is 13.7. The van der Waals surface area contributed by atoms with Crippen molar-refractivity contribution in [3.63, 3.8) is 0 Å². The van der Waals surface area contributed by atoms with E-state index in [1.165, 1.54) is 0 Å². The quantitative estimate of drug-likeness (QED) is 0.664. The first kappa shape index (κ1) is 14.3. The molecule has 2 aromatic rings. The molecule has 0 saturated carbocycles. The van der Waals surface area contributed by atoms with E-state index in [1.54, 1.807) is 0 Å². The molecule has 4 heteroatoms. The van der Waals surface area contributed by atoms with Gasteiger partial charge in [-0.15, -0.1) is 0 Å². The minimum absolute atomic E-state index is 0.126. The third-order valence-electron chi connectivity index (χ3n) is 2.90. The van der Waals surface area contributed by atoms with Crippen LogP contribution >= 0.6 is 11.8 Å². The van der Waals surface area contributed by atoms with Gasteiger partial charge in [0.1, 0.15) is 0 Å². The molecule has 0 fully saturated rings. The van der Waals surface area contributed by atoms with Gasteiger partial charge in [0.2, 0.25) is 0 Å². The summed E-state index contributed by atoms with van der Waals surface area (Å²) in [6, 6.07) is 10.4. The van der Waals surface area contributed by atoms with Gasteiger partial charge in [-0.2, -0.15) is 11.8 Å². The summed E-state index contributed by atoms with van der Waals surface area (Å²) in [7, 11) is 0. The Kier molecular flexibility index (Phi) is 4.45. The first-order valence-corrected chi connectivity index (χ1v) is 7.43.